The molecular weight excluding hydrogens is 342 g/mol. The van der Waals surface area contributed by atoms with Crippen LogP contribution in [0, 0.1) is 0 Å². The fourth-order valence-corrected chi connectivity index (χ4v) is 3.42. The minimum atomic E-state index is 0.169. The molecule has 140 valence electrons. The first-order valence-electron chi connectivity index (χ1n) is 9.10. The molecule has 0 N–H and O–H groups in total. The highest BCUT2D eigenvalue weighted by molar-refractivity contribution is 5.55. The van der Waals surface area contributed by atoms with Crippen molar-refractivity contribution in [3.63, 3.8) is 0 Å². The Morgan fingerprint density at radius 2 is 1.93 bits per heavy atom. The van der Waals surface area contributed by atoms with Crippen LogP contribution in [0.3, 0.4) is 0 Å². The van der Waals surface area contributed by atoms with Gasteiger partial charge in [-0.05, 0) is 30.7 Å². The molecule has 27 heavy (non-hydrogen) atoms. The fraction of sp³-hybridized carbons (Fsp3) is 0.333. The first kappa shape index (κ1) is 17.7. The summed E-state index contributed by atoms with van der Waals surface area (Å²) in [6, 6.07) is 18.5. The number of hydrogen-bond acceptors (Lipinski definition) is 6. The first-order chi connectivity index (χ1) is 13.2. The second-order valence-electron chi connectivity index (χ2n) is 6.72. The predicted molar refractivity (Wildman–Crippen MR) is 101 cm³/mol. The Hall–Kier alpha value is -2.70. The summed E-state index contributed by atoms with van der Waals surface area (Å²) in [5.74, 6) is 1.86. The lowest BCUT2D eigenvalue weighted by molar-refractivity contribution is -0.0522. The van der Waals surface area contributed by atoms with E-state index in [1.807, 2.05) is 30.3 Å². The van der Waals surface area contributed by atoms with E-state index in [9.17, 15) is 0 Å². The highest BCUT2D eigenvalue weighted by atomic mass is 16.5. The zero-order valence-corrected chi connectivity index (χ0v) is 15.5. The second-order valence-corrected chi connectivity index (χ2v) is 6.72. The van der Waals surface area contributed by atoms with E-state index in [-0.39, 0.29) is 12.1 Å². The van der Waals surface area contributed by atoms with Crippen molar-refractivity contribution < 1.29 is 13.9 Å². The standard InChI is InChI=1S/C21H23N3O3/c1-15-13-26-14-19(16-7-4-3-5-8-16)24(15)12-20-22-23-21(27-20)17-9-6-10-18(11-17)25-2/h3-11,15,19H,12-14H2,1-2H3/t15-,19+/m0/s1. The molecule has 1 aromatic heterocycles. The lowest BCUT2D eigenvalue weighted by atomic mass is 10.0. The van der Waals surface area contributed by atoms with E-state index >= 15 is 0 Å². The van der Waals surface area contributed by atoms with E-state index in [0.717, 1.165) is 11.3 Å². The lowest BCUT2D eigenvalue weighted by Crippen LogP contribution is -2.45. The number of nitrogens with zero attached hydrogens (tertiary/aromatic N) is 3. The number of benzene rings is 2. The van der Waals surface area contributed by atoms with Gasteiger partial charge in [0.1, 0.15) is 5.75 Å². The maximum atomic E-state index is 5.94. The number of methoxy groups -OCH3 is 1. The van der Waals surface area contributed by atoms with E-state index in [1.54, 1.807) is 7.11 Å². The summed E-state index contributed by atoms with van der Waals surface area (Å²) in [4.78, 5) is 2.36. The molecular formula is C21H23N3O3. The normalized spacial score (nSPS) is 20.5. The molecule has 0 spiro atoms. The number of morpholine rings is 1. The summed E-state index contributed by atoms with van der Waals surface area (Å²) in [5.41, 5.74) is 2.08. The third kappa shape index (κ3) is 3.86. The van der Waals surface area contributed by atoms with Crippen molar-refractivity contribution in [1.29, 1.82) is 0 Å². The zero-order valence-electron chi connectivity index (χ0n) is 15.5. The third-order valence-corrected chi connectivity index (χ3v) is 4.89. The van der Waals surface area contributed by atoms with Crippen molar-refractivity contribution in [2.24, 2.45) is 0 Å². The second kappa shape index (κ2) is 7.90. The largest absolute Gasteiger partial charge is 0.497 e. The fourth-order valence-electron chi connectivity index (χ4n) is 3.42. The summed E-state index contributed by atoms with van der Waals surface area (Å²) in [6.07, 6.45) is 0. The number of hydrogen-bond donors (Lipinski definition) is 0. The van der Waals surface area contributed by atoms with E-state index in [2.05, 4.69) is 46.3 Å². The summed E-state index contributed by atoms with van der Waals surface area (Å²) in [7, 11) is 1.64. The van der Waals surface area contributed by atoms with Crippen LogP contribution in [-0.2, 0) is 11.3 Å². The quantitative estimate of drug-likeness (QED) is 0.687. The van der Waals surface area contributed by atoms with Crippen LogP contribution in [0.25, 0.3) is 11.5 Å². The Balaban J connectivity index is 1.56. The number of ether oxygens (including phenoxy) is 2. The molecule has 0 amide bonds. The molecule has 3 aromatic rings. The minimum Gasteiger partial charge on any atom is -0.497 e. The van der Waals surface area contributed by atoms with Crippen molar-refractivity contribution in [3.05, 3.63) is 66.1 Å². The van der Waals surface area contributed by atoms with Gasteiger partial charge in [0.25, 0.3) is 0 Å². The minimum absolute atomic E-state index is 0.169. The van der Waals surface area contributed by atoms with E-state index < -0.39 is 0 Å². The lowest BCUT2D eigenvalue weighted by Gasteiger charge is -2.39. The molecule has 0 aliphatic carbocycles. The Morgan fingerprint density at radius 1 is 1.07 bits per heavy atom. The van der Waals surface area contributed by atoms with E-state index in [4.69, 9.17) is 13.9 Å². The zero-order chi connectivity index (χ0) is 18.6. The van der Waals surface area contributed by atoms with Gasteiger partial charge in [-0.25, -0.2) is 0 Å². The maximum Gasteiger partial charge on any atom is 0.247 e. The van der Waals surface area contributed by atoms with Crippen LogP contribution in [0.4, 0.5) is 0 Å². The van der Waals surface area contributed by atoms with Gasteiger partial charge in [-0.3, -0.25) is 4.90 Å². The van der Waals surface area contributed by atoms with Gasteiger partial charge in [0.2, 0.25) is 11.8 Å². The van der Waals surface area contributed by atoms with Crippen LogP contribution < -0.4 is 4.74 Å². The van der Waals surface area contributed by atoms with Gasteiger partial charge in [-0.1, -0.05) is 36.4 Å². The van der Waals surface area contributed by atoms with Crippen LogP contribution in [-0.4, -0.2) is 41.5 Å². The van der Waals surface area contributed by atoms with Crippen molar-refractivity contribution in [2.75, 3.05) is 20.3 Å². The van der Waals surface area contributed by atoms with Gasteiger partial charge in [-0.2, -0.15) is 0 Å². The van der Waals surface area contributed by atoms with Gasteiger partial charge in [0.05, 0.1) is 32.9 Å². The highest BCUT2D eigenvalue weighted by Crippen LogP contribution is 2.30. The average molecular weight is 365 g/mol. The molecule has 0 unspecified atom stereocenters. The molecule has 2 atom stereocenters. The van der Waals surface area contributed by atoms with Crippen LogP contribution in [0.15, 0.2) is 59.0 Å². The Bertz CT molecular complexity index is 881. The maximum absolute atomic E-state index is 5.94. The van der Waals surface area contributed by atoms with E-state index in [0.29, 0.717) is 31.5 Å². The molecule has 6 nitrogen and oxygen atoms in total. The van der Waals surface area contributed by atoms with E-state index in [1.165, 1.54) is 5.56 Å². The van der Waals surface area contributed by atoms with Crippen molar-refractivity contribution in [2.45, 2.75) is 25.6 Å². The molecule has 1 aliphatic rings. The summed E-state index contributed by atoms with van der Waals surface area (Å²) < 4.78 is 17.0. The first-order valence-corrected chi connectivity index (χ1v) is 9.10. The molecule has 4 rings (SSSR count). The van der Waals surface area contributed by atoms with Crippen LogP contribution in [0.5, 0.6) is 5.75 Å². The van der Waals surface area contributed by atoms with Gasteiger partial charge in [0.15, 0.2) is 0 Å². The Morgan fingerprint density at radius 3 is 2.74 bits per heavy atom. The monoisotopic (exact) mass is 365 g/mol. The van der Waals surface area contributed by atoms with Gasteiger partial charge >= 0.3 is 0 Å². The predicted octanol–water partition coefficient (Wildman–Crippen LogP) is 3.71. The summed E-state index contributed by atoms with van der Waals surface area (Å²) >= 11 is 0. The number of aromatic nitrogens is 2. The van der Waals surface area contributed by atoms with Crippen LogP contribution in [0.1, 0.15) is 24.4 Å². The van der Waals surface area contributed by atoms with Crippen LogP contribution >= 0.6 is 0 Å². The third-order valence-electron chi connectivity index (χ3n) is 4.89. The van der Waals surface area contributed by atoms with Gasteiger partial charge in [0, 0.05) is 11.6 Å². The smallest absolute Gasteiger partial charge is 0.247 e. The SMILES string of the molecule is COc1cccc(-c2nnc(CN3[C@@H](c4ccccc4)COC[C@@H]3C)o2)c1. The van der Waals surface area contributed by atoms with Crippen molar-refractivity contribution >= 4 is 0 Å². The molecule has 2 heterocycles. The Labute approximate surface area is 158 Å². The molecule has 1 fully saturated rings. The van der Waals surface area contributed by atoms with Gasteiger partial charge < -0.3 is 13.9 Å². The van der Waals surface area contributed by atoms with Crippen LogP contribution in [0.2, 0.25) is 0 Å². The number of rotatable bonds is 5. The molecule has 0 saturated carbocycles. The molecule has 1 saturated heterocycles. The average Bonchev–Trinajstić information content (AvgIpc) is 3.19. The molecule has 6 heteroatoms. The van der Waals surface area contributed by atoms with Crippen molar-refractivity contribution in [3.8, 4) is 17.2 Å². The topological polar surface area (TPSA) is 60.6 Å². The summed E-state index contributed by atoms with van der Waals surface area (Å²) in [5, 5.41) is 8.48. The van der Waals surface area contributed by atoms with Crippen molar-refractivity contribution in [1.82, 2.24) is 15.1 Å². The highest BCUT2D eigenvalue weighted by Gasteiger charge is 2.31. The molecule has 1 aliphatic heterocycles. The molecule has 0 radical (unpaired) electrons. The van der Waals surface area contributed by atoms with Gasteiger partial charge in [-0.15, -0.1) is 10.2 Å². The Kier molecular flexibility index (Phi) is 5.18. The molecule has 0 bridgehead atoms. The molecule has 2 aromatic carbocycles. The summed E-state index contributed by atoms with van der Waals surface area (Å²) in [6.45, 7) is 4.10.